The highest BCUT2D eigenvalue weighted by Crippen LogP contribution is 2.26. The number of aromatic nitrogens is 2. The second kappa shape index (κ2) is 6.97. The van der Waals surface area contributed by atoms with Gasteiger partial charge in [-0.1, -0.05) is 23.2 Å². The summed E-state index contributed by atoms with van der Waals surface area (Å²) in [6.07, 6.45) is 0.0992. The fourth-order valence-electron chi connectivity index (χ4n) is 2.18. The van der Waals surface area contributed by atoms with Crippen LogP contribution in [-0.4, -0.2) is 20.6 Å². The fourth-order valence-corrected chi connectivity index (χ4v) is 2.52. The van der Waals surface area contributed by atoms with Crippen LogP contribution >= 0.6 is 23.2 Å². The number of hydrogen-bond acceptors (Lipinski definition) is 4. The van der Waals surface area contributed by atoms with Crippen molar-refractivity contribution in [2.75, 3.05) is 5.32 Å². The van der Waals surface area contributed by atoms with E-state index in [1.807, 2.05) is 0 Å². The first-order valence-electron chi connectivity index (χ1n) is 6.73. The molecule has 0 saturated carbocycles. The van der Waals surface area contributed by atoms with Gasteiger partial charge in [-0.2, -0.15) is 5.10 Å². The summed E-state index contributed by atoms with van der Waals surface area (Å²) in [7, 11) is 0. The van der Waals surface area contributed by atoms with Crippen LogP contribution in [0.25, 0.3) is 0 Å². The molecule has 122 valence electrons. The highest BCUT2D eigenvalue weighted by molar-refractivity contribution is 6.35. The summed E-state index contributed by atoms with van der Waals surface area (Å²) in [4.78, 5) is 22.5. The van der Waals surface area contributed by atoms with Crippen LogP contribution < -0.4 is 5.32 Å². The van der Waals surface area contributed by atoms with Gasteiger partial charge in [0, 0.05) is 11.4 Å². The lowest BCUT2D eigenvalue weighted by molar-refractivity contribution is -0.386. The topological polar surface area (TPSA) is 90.1 Å². The summed E-state index contributed by atoms with van der Waals surface area (Å²) in [5.74, 6) is -0.288. The van der Waals surface area contributed by atoms with E-state index in [-0.39, 0.29) is 24.6 Å². The molecule has 23 heavy (non-hydrogen) atoms. The van der Waals surface area contributed by atoms with Crippen molar-refractivity contribution in [3.05, 3.63) is 49.7 Å². The highest BCUT2D eigenvalue weighted by atomic mass is 35.5. The summed E-state index contributed by atoms with van der Waals surface area (Å²) in [6.45, 7) is 3.39. The normalized spacial score (nSPS) is 10.6. The van der Waals surface area contributed by atoms with E-state index in [1.54, 1.807) is 32.0 Å². The van der Waals surface area contributed by atoms with E-state index >= 15 is 0 Å². The Morgan fingerprint density at radius 1 is 1.39 bits per heavy atom. The van der Waals surface area contributed by atoms with Gasteiger partial charge in [0.1, 0.15) is 11.4 Å². The number of amides is 1. The SMILES string of the molecule is Cc1nn(CCC(=O)Nc2cc(Cl)ccc2Cl)c(C)c1[N+](=O)[O-]. The number of nitro groups is 1. The van der Waals surface area contributed by atoms with Crippen LogP contribution in [0.3, 0.4) is 0 Å². The van der Waals surface area contributed by atoms with E-state index in [9.17, 15) is 14.9 Å². The van der Waals surface area contributed by atoms with Gasteiger partial charge in [0.2, 0.25) is 5.91 Å². The van der Waals surface area contributed by atoms with E-state index in [0.717, 1.165) is 0 Å². The van der Waals surface area contributed by atoms with Gasteiger partial charge in [-0.25, -0.2) is 0 Å². The Hall–Kier alpha value is -2.12. The number of anilines is 1. The van der Waals surface area contributed by atoms with Crippen molar-refractivity contribution in [3.8, 4) is 0 Å². The Labute approximate surface area is 142 Å². The Kier molecular flexibility index (Phi) is 5.23. The number of halogens is 2. The van der Waals surface area contributed by atoms with E-state index in [4.69, 9.17) is 23.2 Å². The van der Waals surface area contributed by atoms with Crippen molar-refractivity contribution in [2.45, 2.75) is 26.8 Å². The van der Waals surface area contributed by atoms with E-state index in [2.05, 4.69) is 10.4 Å². The van der Waals surface area contributed by atoms with Crippen LogP contribution in [0.15, 0.2) is 18.2 Å². The number of nitrogens with one attached hydrogen (secondary N) is 1. The zero-order valence-corrected chi connectivity index (χ0v) is 14.0. The molecule has 0 radical (unpaired) electrons. The molecule has 1 heterocycles. The molecule has 0 bridgehead atoms. The van der Waals surface area contributed by atoms with Crippen molar-refractivity contribution in [2.24, 2.45) is 0 Å². The minimum atomic E-state index is -0.472. The molecule has 2 rings (SSSR count). The molecular weight excluding hydrogens is 343 g/mol. The summed E-state index contributed by atoms with van der Waals surface area (Å²) < 4.78 is 1.45. The van der Waals surface area contributed by atoms with Crippen molar-refractivity contribution in [1.82, 2.24) is 9.78 Å². The monoisotopic (exact) mass is 356 g/mol. The van der Waals surface area contributed by atoms with Gasteiger partial charge in [-0.15, -0.1) is 0 Å². The van der Waals surface area contributed by atoms with Crippen molar-refractivity contribution >= 4 is 40.5 Å². The van der Waals surface area contributed by atoms with Crippen LogP contribution in [0.5, 0.6) is 0 Å². The molecule has 9 heteroatoms. The number of aryl methyl sites for hydroxylation is 2. The minimum Gasteiger partial charge on any atom is -0.325 e. The summed E-state index contributed by atoms with van der Waals surface area (Å²) in [5.41, 5.74) is 1.14. The molecule has 0 spiro atoms. The number of hydrogen-bond donors (Lipinski definition) is 1. The predicted octanol–water partition coefficient (Wildman–Crippen LogP) is 3.74. The molecule has 0 fully saturated rings. The first kappa shape index (κ1) is 17.2. The van der Waals surface area contributed by atoms with Gasteiger partial charge < -0.3 is 5.32 Å². The molecule has 1 amide bonds. The second-order valence-corrected chi connectivity index (χ2v) is 5.77. The molecule has 0 aliphatic heterocycles. The zero-order chi connectivity index (χ0) is 17.1. The van der Waals surface area contributed by atoms with Crippen molar-refractivity contribution in [3.63, 3.8) is 0 Å². The molecule has 0 unspecified atom stereocenters. The van der Waals surface area contributed by atoms with Crippen molar-refractivity contribution < 1.29 is 9.72 Å². The molecule has 0 atom stereocenters. The van der Waals surface area contributed by atoms with Gasteiger partial charge in [0.15, 0.2) is 0 Å². The van der Waals surface area contributed by atoms with Crippen LogP contribution in [0.4, 0.5) is 11.4 Å². The van der Waals surface area contributed by atoms with Gasteiger partial charge in [0.05, 0.1) is 22.2 Å². The number of rotatable bonds is 5. The molecule has 0 aliphatic carbocycles. The second-order valence-electron chi connectivity index (χ2n) is 4.92. The smallest absolute Gasteiger partial charge is 0.312 e. The summed E-state index contributed by atoms with van der Waals surface area (Å²) in [5, 5.41) is 18.5. The maximum absolute atomic E-state index is 12.0. The third-order valence-electron chi connectivity index (χ3n) is 3.28. The Morgan fingerprint density at radius 3 is 2.70 bits per heavy atom. The first-order chi connectivity index (χ1) is 10.8. The van der Waals surface area contributed by atoms with Crippen LogP contribution in [0.1, 0.15) is 17.8 Å². The highest BCUT2D eigenvalue weighted by Gasteiger charge is 2.21. The van der Waals surface area contributed by atoms with E-state index in [0.29, 0.717) is 27.1 Å². The van der Waals surface area contributed by atoms with E-state index in [1.165, 1.54) is 4.68 Å². The van der Waals surface area contributed by atoms with Crippen LogP contribution in [0, 0.1) is 24.0 Å². The zero-order valence-electron chi connectivity index (χ0n) is 12.5. The van der Waals surface area contributed by atoms with Gasteiger partial charge in [-0.3, -0.25) is 19.6 Å². The van der Waals surface area contributed by atoms with E-state index < -0.39 is 4.92 Å². The molecule has 1 aromatic heterocycles. The quantitative estimate of drug-likeness (QED) is 0.652. The molecule has 1 aromatic carbocycles. The third-order valence-corrected chi connectivity index (χ3v) is 3.84. The van der Waals surface area contributed by atoms with Gasteiger partial charge in [-0.05, 0) is 32.0 Å². The predicted molar refractivity (Wildman–Crippen MR) is 88.1 cm³/mol. The maximum atomic E-state index is 12.0. The molecular formula is C14H14Cl2N4O3. The summed E-state index contributed by atoms with van der Waals surface area (Å²) >= 11 is 11.8. The van der Waals surface area contributed by atoms with Gasteiger partial charge in [0.25, 0.3) is 0 Å². The minimum absolute atomic E-state index is 0.0247. The number of nitrogens with zero attached hydrogens (tertiary/aromatic N) is 3. The van der Waals surface area contributed by atoms with Crippen molar-refractivity contribution in [1.29, 1.82) is 0 Å². The molecule has 1 N–H and O–H groups in total. The lowest BCUT2D eigenvalue weighted by atomic mass is 10.3. The number of carbonyl (C=O) groups excluding carboxylic acids is 1. The fraction of sp³-hybridized carbons (Fsp3) is 0.286. The molecule has 2 aromatic rings. The van der Waals surface area contributed by atoms with Crippen LogP contribution in [0.2, 0.25) is 10.0 Å². The number of carbonyl (C=O) groups is 1. The third kappa shape index (κ3) is 4.00. The summed E-state index contributed by atoms with van der Waals surface area (Å²) in [6, 6.07) is 4.76. The Balaban J connectivity index is 2.04. The average molecular weight is 357 g/mol. The molecule has 0 aliphatic rings. The maximum Gasteiger partial charge on any atom is 0.312 e. The standard InChI is InChI=1S/C14H14Cl2N4O3/c1-8-14(20(22)23)9(2)19(18-8)6-5-13(21)17-12-7-10(15)3-4-11(12)16/h3-4,7H,5-6H2,1-2H3,(H,17,21). The number of benzene rings is 1. The lowest BCUT2D eigenvalue weighted by Crippen LogP contribution is -2.16. The first-order valence-corrected chi connectivity index (χ1v) is 7.48. The van der Waals surface area contributed by atoms with Gasteiger partial charge >= 0.3 is 5.69 Å². The Morgan fingerprint density at radius 2 is 2.09 bits per heavy atom. The average Bonchev–Trinajstić information content (AvgIpc) is 2.75. The van der Waals surface area contributed by atoms with Crippen LogP contribution in [-0.2, 0) is 11.3 Å². The Bertz CT molecular complexity index is 774. The molecule has 0 saturated heterocycles. The molecule has 7 nitrogen and oxygen atoms in total. The lowest BCUT2D eigenvalue weighted by Gasteiger charge is -2.08. The largest absolute Gasteiger partial charge is 0.325 e.